The molecule has 2 aliphatic rings. The monoisotopic (exact) mass is 392 g/mol. The standard InChI is InChI=1S/C22H24N4OS/c1-15-6-7-19-17(14-15)20(16-4-2-3-5-18(16)24-19)21(27)25-9-11-26(12-10-25)22-23-8-13-28-22/h6-8,13-14H,2-5,9-12H2,1H3. The molecule has 5 rings (SSSR count). The number of hydrogen-bond donors (Lipinski definition) is 0. The molecule has 0 saturated carbocycles. The van der Waals surface area contributed by atoms with Crippen molar-refractivity contribution in [2.24, 2.45) is 0 Å². The topological polar surface area (TPSA) is 49.3 Å². The van der Waals surface area contributed by atoms with Crippen LogP contribution in [0.1, 0.15) is 40.0 Å². The normalized spacial score (nSPS) is 17.0. The number of benzene rings is 1. The molecule has 6 heteroatoms. The Morgan fingerprint density at radius 2 is 1.93 bits per heavy atom. The van der Waals surface area contributed by atoms with Gasteiger partial charge in [0, 0.05) is 48.8 Å². The molecule has 1 aliphatic heterocycles. The van der Waals surface area contributed by atoms with Gasteiger partial charge in [0.1, 0.15) is 0 Å². The highest BCUT2D eigenvalue weighted by Gasteiger charge is 2.28. The van der Waals surface area contributed by atoms with Gasteiger partial charge in [0.05, 0.1) is 11.1 Å². The van der Waals surface area contributed by atoms with E-state index in [4.69, 9.17) is 4.98 Å². The summed E-state index contributed by atoms with van der Waals surface area (Å²) in [6.45, 7) is 5.23. The van der Waals surface area contributed by atoms with E-state index in [0.717, 1.165) is 79.2 Å². The van der Waals surface area contributed by atoms with Gasteiger partial charge >= 0.3 is 0 Å². The smallest absolute Gasteiger partial charge is 0.255 e. The molecule has 3 heterocycles. The van der Waals surface area contributed by atoms with E-state index in [9.17, 15) is 4.79 Å². The van der Waals surface area contributed by atoms with Crippen LogP contribution in [0.25, 0.3) is 10.9 Å². The first-order valence-electron chi connectivity index (χ1n) is 10.1. The van der Waals surface area contributed by atoms with Crippen molar-refractivity contribution in [3.8, 4) is 0 Å². The van der Waals surface area contributed by atoms with E-state index in [-0.39, 0.29) is 5.91 Å². The van der Waals surface area contributed by atoms with Gasteiger partial charge in [0.25, 0.3) is 5.91 Å². The van der Waals surface area contributed by atoms with Crippen LogP contribution in [0.15, 0.2) is 29.8 Å². The highest BCUT2D eigenvalue weighted by molar-refractivity contribution is 7.13. The Bertz CT molecular complexity index is 1020. The van der Waals surface area contributed by atoms with Crippen LogP contribution in [-0.2, 0) is 12.8 Å². The molecule has 3 aromatic rings. The lowest BCUT2D eigenvalue weighted by molar-refractivity contribution is 0.0747. The van der Waals surface area contributed by atoms with Crippen molar-refractivity contribution in [2.75, 3.05) is 31.1 Å². The molecule has 2 aromatic heterocycles. The highest BCUT2D eigenvalue weighted by atomic mass is 32.1. The molecule has 0 spiro atoms. The van der Waals surface area contributed by atoms with Crippen LogP contribution in [0.2, 0.25) is 0 Å². The first-order chi connectivity index (χ1) is 13.7. The van der Waals surface area contributed by atoms with Crippen LogP contribution < -0.4 is 4.90 Å². The SMILES string of the molecule is Cc1ccc2nc3c(c(C(=O)N4CCN(c5nccs5)CC4)c2c1)CCCC3. The molecule has 1 fully saturated rings. The number of nitrogens with zero attached hydrogens (tertiary/aromatic N) is 4. The molecule has 144 valence electrons. The molecule has 0 radical (unpaired) electrons. The summed E-state index contributed by atoms with van der Waals surface area (Å²) in [5.41, 5.74) is 5.36. The fourth-order valence-electron chi connectivity index (χ4n) is 4.41. The van der Waals surface area contributed by atoms with Crippen LogP contribution in [-0.4, -0.2) is 47.0 Å². The van der Waals surface area contributed by atoms with Gasteiger partial charge in [-0.05, 0) is 50.3 Å². The average molecular weight is 393 g/mol. The van der Waals surface area contributed by atoms with E-state index in [0.29, 0.717) is 0 Å². The first kappa shape index (κ1) is 17.6. The van der Waals surface area contributed by atoms with Gasteiger partial charge < -0.3 is 9.80 Å². The summed E-state index contributed by atoms with van der Waals surface area (Å²) in [5, 5.41) is 4.08. The molecule has 0 bridgehead atoms. The molecule has 5 nitrogen and oxygen atoms in total. The Kier molecular flexibility index (Phi) is 4.51. The predicted molar refractivity (Wildman–Crippen MR) is 113 cm³/mol. The second-order valence-corrected chi connectivity index (χ2v) is 8.61. The number of thiazole rings is 1. The molecule has 0 N–H and O–H groups in total. The number of amides is 1. The van der Waals surface area contributed by atoms with Crippen LogP contribution in [0.3, 0.4) is 0 Å². The van der Waals surface area contributed by atoms with E-state index in [1.165, 1.54) is 11.1 Å². The number of aryl methyl sites for hydroxylation is 2. The van der Waals surface area contributed by atoms with E-state index in [1.807, 2.05) is 16.5 Å². The maximum Gasteiger partial charge on any atom is 0.255 e. The minimum atomic E-state index is 0.176. The fraction of sp³-hybridized carbons (Fsp3) is 0.409. The van der Waals surface area contributed by atoms with Gasteiger partial charge in [-0.15, -0.1) is 11.3 Å². The van der Waals surface area contributed by atoms with Crippen molar-refractivity contribution in [3.63, 3.8) is 0 Å². The van der Waals surface area contributed by atoms with E-state index in [1.54, 1.807) is 11.3 Å². The molecule has 1 amide bonds. The third kappa shape index (κ3) is 3.05. The molecule has 0 unspecified atom stereocenters. The predicted octanol–water partition coefficient (Wildman–Crippen LogP) is 3.84. The zero-order chi connectivity index (χ0) is 19.1. The number of pyridine rings is 1. The average Bonchev–Trinajstić information content (AvgIpc) is 3.27. The van der Waals surface area contributed by atoms with Crippen molar-refractivity contribution < 1.29 is 4.79 Å². The lowest BCUT2D eigenvalue weighted by Crippen LogP contribution is -2.49. The third-order valence-electron chi connectivity index (χ3n) is 5.89. The van der Waals surface area contributed by atoms with Gasteiger partial charge in [0.15, 0.2) is 5.13 Å². The summed E-state index contributed by atoms with van der Waals surface area (Å²) < 4.78 is 0. The minimum Gasteiger partial charge on any atom is -0.345 e. The number of piperazine rings is 1. The lowest BCUT2D eigenvalue weighted by atomic mass is 9.89. The van der Waals surface area contributed by atoms with Gasteiger partial charge in [-0.2, -0.15) is 0 Å². The van der Waals surface area contributed by atoms with E-state index in [2.05, 4.69) is 35.0 Å². The Balaban J connectivity index is 1.50. The van der Waals surface area contributed by atoms with E-state index < -0.39 is 0 Å². The quantitative estimate of drug-likeness (QED) is 0.665. The van der Waals surface area contributed by atoms with Crippen LogP contribution in [0.4, 0.5) is 5.13 Å². The third-order valence-corrected chi connectivity index (χ3v) is 6.72. The number of carbonyl (C=O) groups excluding carboxylic acids is 1. The van der Waals surface area contributed by atoms with Crippen molar-refractivity contribution >= 4 is 33.3 Å². The summed E-state index contributed by atoms with van der Waals surface area (Å²) in [4.78, 5) is 27.3. The number of fused-ring (bicyclic) bond motifs is 2. The van der Waals surface area contributed by atoms with Crippen LogP contribution in [0.5, 0.6) is 0 Å². The largest absolute Gasteiger partial charge is 0.345 e. The summed E-state index contributed by atoms with van der Waals surface area (Å²) in [5.74, 6) is 0.176. The lowest BCUT2D eigenvalue weighted by Gasteiger charge is -2.35. The molecule has 0 atom stereocenters. The van der Waals surface area contributed by atoms with Crippen LogP contribution >= 0.6 is 11.3 Å². The Hall–Kier alpha value is -2.47. The van der Waals surface area contributed by atoms with Crippen LogP contribution in [0, 0.1) is 6.92 Å². The number of hydrogen-bond acceptors (Lipinski definition) is 5. The number of anilines is 1. The van der Waals surface area contributed by atoms with Crippen molar-refractivity contribution in [2.45, 2.75) is 32.6 Å². The molecule has 1 aromatic carbocycles. The van der Waals surface area contributed by atoms with E-state index >= 15 is 0 Å². The molecule has 28 heavy (non-hydrogen) atoms. The summed E-state index contributed by atoms with van der Waals surface area (Å²) in [6.07, 6.45) is 6.10. The molecular formula is C22H24N4OS. The van der Waals surface area contributed by atoms with Gasteiger partial charge in [-0.3, -0.25) is 9.78 Å². The highest BCUT2D eigenvalue weighted by Crippen LogP contribution is 2.31. The number of rotatable bonds is 2. The minimum absolute atomic E-state index is 0.176. The number of aromatic nitrogens is 2. The van der Waals surface area contributed by atoms with Gasteiger partial charge in [0.2, 0.25) is 0 Å². The second kappa shape index (κ2) is 7.17. The zero-order valence-corrected chi connectivity index (χ0v) is 17.0. The Labute approximate surface area is 169 Å². The maximum atomic E-state index is 13.7. The maximum absolute atomic E-state index is 13.7. The fourth-order valence-corrected chi connectivity index (χ4v) is 5.11. The van der Waals surface area contributed by atoms with Gasteiger partial charge in [-0.1, -0.05) is 11.6 Å². The summed E-state index contributed by atoms with van der Waals surface area (Å²) >= 11 is 1.66. The number of carbonyl (C=O) groups is 1. The second-order valence-electron chi connectivity index (χ2n) is 7.73. The molecular weight excluding hydrogens is 368 g/mol. The van der Waals surface area contributed by atoms with Crippen molar-refractivity contribution in [1.29, 1.82) is 0 Å². The zero-order valence-electron chi connectivity index (χ0n) is 16.1. The Morgan fingerprint density at radius 3 is 2.71 bits per heavy atom. The molecule has 1 saturated heterocycles. The first-order valence-corrected chi connectivity index (χ1v) is 10.9. The van der Waals surface area contributed by atoms with Gasteiger partial charge in [-0.25, -0.2) is 4.98 Å². The van der Waals surface area contributed by atoms with Crippen molar-refractivity contribution in [3.05, 3.63) is 52.2 Å². The summed E-state index contributed by atoms with van der Waals surface area (Å²) in [7, 11) is 0. The Morgan fingerprint density at radius 1 is 1.11 bits per heavy atom. The van der Waals surface area contributed by atoms with Crippen molar-refractivity contribution in [1.82, 2.24) is 14.9 Å². The summed E-state index contributed by atoms with van der Waals surface area (Å²) in [6, 6.07) is 6.29. The molecule has 1 aliphatic carbocycles.